The maximum Gasteiger partial charge on any atom is 0.508 e. The standard InChI is InChI=1S/C26H44N2O10.C24H38N2O10.CH3I.2HI/c1-26(23(31)36-19-22-9-7-6-8-10-22,20-37-24(32)34-17-13-27(2,3)11-15-29)21-38-25(33)35-18-14-28(4,5)12-16-30;1-24(21(29)34-17-20-7-5-4-6-8-20,18-35-22(30)32-15-11-25(2)9-13-27)19-36-23(31)33-16-12-26(3)10-14-28;1-2;;/h6-10,29-30H,11-21H2,1-5H3;4-8,27-28H,9-19H2,1-3H3;1H3;2*1H/q+2;;;;/p-2. The number of quaternary nitrogens is 2. The highest BCUT2D eigenvalue weighted by atomic mass is 127. The highest BCUT2D eigenvalue weighted by Gasteiger charge is 2.40. The van der Waals surface area contributed by atoms with Crippen molar-refractivity contribution < 1.29 is 153 Å². The molecule has 78 heavy (non-hydrogen) atoms. The number of aliphatic hydroxyl groups is 4. The molecule has 0 atom stereocenters. The molecule has 2 aromatic rings. The fourth-order valence-electron chi connectivity index (χ4n) is 5.81. The van der Waals surface area contributed by atoms with Gasteiger partial charge in [-0.3, -0.25) is 9.59 Å². The van der Waals surface area contributed by atoms with Gasteiger partial charge < -0.3 is 135 Å². The van der Waals surface area contributed by atoms with E-state index < -0.39 is 73.8 Å². The molecule has 0 spiro atoms. The van der Waals surface area contributed by atoms with E-state index in [-0.39, 0.29) is 114 Å². The van der Waals surface area contributed by atoms with Crippen LogP contribution in [0.1, 0.15) is 25.0 Å². The van der Waals surface area contributed by atoms with Gasteiger partial charge in [0, 0.05) is 26.2 Å². The van der Waals surface area contributed by atoms with Crippen molar-refractivity contribution in [3.05, 3.63) is 71.8 Å². The lowest BCUT2D eigenvalue weighted by Crippen LogP contribution is -3.00. The zero-order chi connectivity index (χ0) is 57.5. The number of hydrogen-bond donors (Lipinski definition) is 4. The van der Waals surface area contributed by atoms with Gasteiger partial charge in [-0.25, -0.2) is 19.2 Å². The second-order valence-electron chi connectivity index (χ2n) is 19.1. The minimum atomic E-state index is -1.52. The second kappa shape index (κ2) is 45.0. The van der Waals surface area contributed by atoms with Crippen molar-refractivity contribution in [3.8, 4) is 0 Å². The fourth-order valence-corrected chi connectivity index (χ4v) is 5.81. The van der Waals surface area contributed by atoms with E-state index in [1.807, 2.05) is 57.4 Å². The van der Waals surface area contributed by atoms with Crippen LogP contribution in [0, 0.1) is 10.8 Å². The summed E-state index contributed by atoms with van der Waals surface area (Å²) < 4.78 is 52.4. The number of aliphatic hydroxyl groups excluding tert-OH is 4. The highest BCUT2D eigenvalue weighted by Crippen LogP contribution is 2.23. The van der Waals surface area contributed by atoms with Crippen molar-refractivity contribution in [2.75, 3.05) is 179 Å². The third-order valence-electron chi connectivity index (χ3n) is 11.0. The Balaban J connectivity index is -0.00000137. The number of likely N-dealkylation sites (N-methyl/N-ethyl adjacent to an activating group) is 4. The van der Waals surface area contributed by atoms with Crippen LogP contribution in [0.15, 0.2) is 60.7 Å². The first-order valence-electron chi connectivity index (χ1n) is 24.5. The molecular formula is C51H85I3N4O20. The Kier molecular flexibility index (Phi) is 45.3. The van der Waals surface area contributed by atoms with Gasteiger partial charge in [-0.15, -0.1) is 0 Å². The summed E-state index contributed by atoms with van der Waals surface area (Å²) in [6.45, 7) is 4.65. The van der Waals surface area contributed by atoms with Crippen molar-refractivity contribution in [3.63, 3.8) is 0 Å². The van der Waals surface area contributed by atoms with Gasteiger partial charge in [0.15, 0.2) is 0 Å². The van der Waals surface area contributed by atoms with Gasteiger partial charge in [0.25, 0.3) is 0 Å². The number of alkyl halides is 1. The van der Waals surface area contributed by atoms with E-state index in [2.05, 4.69) is 22.6 Å². The molecule has 0 unspecified atom stereocenters. The Morgan fingerprint density at radius 2 is 0.718 bits per heavy atom. The molecule has 0 saturated carbocycles. The predicted octanol–water partition coefficient (Wildman–Crippen LogP) is -2.87. The van der Waals surface area contributed by atoms with E-state index in [1.165, 1.54) is 13.8 Å². The summed E-state index contributed by atoms with van der Waals surface area (Å²) in [5, 5.41) is 36.0. The van der Waals surface area contributed by atoms with Crippen LogP contribution >= 0.6 is 22.6 Å². The Labute approximate surface area is 507 Å². The van der Waals surface area contributed by atoms with E-state index in [4.69, 9.17) is 67.8 Å². The van der Waals surface area contributed by atoms with E-state index >= 15 is 0 Å². The van der Waals surface area contributed by atoms with Crippen LogP contribution in [0.3, 0.4) is 0 Å². The Hall–Kier alpha value is -3.67. The summed E-state index contributed by atoms with van der Waals surface area (Å²) in [6.07, 6.45) is -3.96. The summed E-state index contributed by atoms with van der Waals surface area (Å²) in [6, 6.07) is 18.0. The molecule has 0 radical (unpaired) electrons. The SMILES string of the molecule is CC(COC(=O)OCC[N+](C)(C)CCO)(COC(=O)OCC[N+](C)(C)CCO)C(=O)OCc1ccccc1.CI.CN(CCO)CCOC(=O)OCC(C)(COC(=O)OCCN(C)CCO)C(=O)OCc1ccccc1.[I-].[I-]. The maximum atomic E-state index is 13.0. The topological polar surface area (TPSA) is 282 Å². The number of carbonyl (C=O) groups excluding carboxylic acids is 6. The number of benzene rings is 2. The number of esters is 2. The molecule has 0 aromatic heterocycles. The Bertz CT molecular complexity index is 1850. The first kappa shape index (κ1) is 78.6. The number of carbonyl (C=O) groups is 6. The summed E-state index contributed by atoms with van der Waals surface area (Å²) >= 11 is 2.15. The molecule has 0 amide bonds. The third-order valence-corrected chi connectivity index (χ3v) is 11.0. The van der Waals surface area contributed by atoms with Crippen LogP contribution in [-0.2, 0) is 70.2 Å². The Morgan fingerprint density at radius 3 is 0.987 bits per heavy atom. The highest BCUT2D eigenvalue weighted by molar-refractivity contribution is 14.1. The van der Waals surface area contributed by atoms with E-state index in [0.29, 0.717) is 61.3 Å². The monoisotopic (exact) mass is 1450 g/mol. The van der Waals surface area contributed by atoms with Gasteiger partial charge in [-0.2, -0.15) is 0 Å². The molecule has 2 aromatic carbocycles. The fraction of sp³-hybridized carbons (Fsp3) is 0.647. The van der Waals surface area contributed by atoms with Crippen molar-refractivity contribution in [2.24, 2.45) is 10.8 Å². The molecule has 0 fully saturated rings. The number of halogens is 3. The third kappa shape index (κ3) is 38.1. The molecule has 0 aliphatic rings. The molecular weight excluding hydrogens is 1370 g/mol. The number of hydrogen-bond acceptors (Lipinski definition) is 22. The molecule has 27 heteroatoms. The first-order valence-corrected chi connectivity index (χ1v) is 26.6. The minimum Gasteiger partial charge on any atom is -1.00 e. The summed E-state index contributed by atoms with van der Waals surface area (Å²) in [7, 11) is 11.0. The summed E-state index contributed by atoms with van der Waals surface area (Å²) in [4.78, 5) is 79.7. The zero-order valence-electron chi connectivity index (χ0n) is 46.6. The van der Waals surface area contributed by atoms with E-state index in [0.717, 1.165) is 11.1 Å². The molecule has 0 heterocycles. The van der Waals surface area contributed by atoms with Gasteiger partial charge in [-0.1, -0.05) is 83.3 Å². The number of rotatable bonds is 34. The maximum absolute atomic E-state index is 13.0. The molecule has 0 saturated heterocycles. The van der Waals surface area contributed by atoms with Crippen LogP contribution in [0.2, 0.25) is 0 Å². The quantitative estimate of drug-likeness (QED) is 0.0180. The van der Waals surface area contributed by atoms with Crippen molar-refractivity contribution in [1.29, 1.82) is 0 Å². The molecule has 2 rings (SSSR count). The average Bonchev–Trinajstić information content (AvgIpc) is 3.38. The second-order valence-corrected chi connectivity index (χ2v) is 19.1. The van der Waals surface area contributed by atoms with Crippen LogP contribution < -0.4 is 48.0 Å². The van der Waals surface area contributed by atoms with Gasteiger partial charge >= 0.3 is 36.6 Å². The summed E-state index contributed by atoms with van der Waals surface area (Å²) in [5.74, 6) is -1.47. The van der Waals surface area contributed by atoms with Crippen LogP contribution in [-0.4, -0.2) is 255 Å². The largest absolute Gasteiger partial charge is 1.00 e. The smallest absolute Gasteiger partial charge is 0.508 e. The molecule has 24 nitrogen and oxygen atoms in total. The van der Waals surface area contributed by atoms with Crippen molar-refractivity contribution in [2.45, 2.75) is 27.1 Å². The normalized spacial score (nSPS) is 11.1. The predicted molar refractivity (Wildman–Crippen MR) is 285 cm³/mol. The molecule has 0 aliphatic carbocycles. The van der Waals surface area contributed by atoms with Gasteiger partial charge in [-0.05, 0) is 44.0 Å². The molecule has 0 aliphatic heterocycles. The number of ether oxygens (including phenoxy) is 10. The minimum absolute atomic E-state index is 0. The average molecular weight is 1450 g/mol. The van der Waals surface area contributed by atoms with Crippen LogP contribution in [0.25, 0.3) is 0 Å². The van der Waals surface area contributed by atoms with Crippen LogP contribution in [0.5, 0.6) is 0 Å². The Morgan fingerprint density at radius 1 is 0.436 bits per heavy atom. The van der Waals surface area contributed by atoms with Gasteiger partial charge in [0.05, 0.1) is 54.6 Å². The zero-order valence-corrected chi connectivity index (χ0v) is 53.0. The van der Waals surface area contributed by atoms with Crippen LogP contribution in [0.4, 0.5) is 19.2 Å². The lowest BCUT2D eigenvalue weighted by molar-refractivity contribution is -0.890. The lowest BCUT2D eigenvalue weighted by atomic mass is 9.93. The van der Waals surface area contributed by atoms with Crippen molar-refractivity contribution in [1.82, 2.24) is 9.80 Å². The van der Waals surface area contributed by atoms with Gasteiger partial charge in [0.2, 0.25) is 0 Å². The lowest BCUT2D eigenvalue weighted by Gasteiger charge is -2.29. The van der Waals surface area contributed by atoms with E-state index in [9.17, 15) is 28.8 Å². The van der Waals surface area contributed by atoms with Crippen molar-refractivity contribution >= 4 is 59.2 Å². The summed E-state index contributed by atoms with van der Waals surface area (Å²) in [5.41, 5.74) is -1.52. The number of nitrogens with zero attached hydrogens (tertiary/aromatic N) is 4. The molecule has 4 N–H and O–H groups in total. The first-order chi connectivity index (χ1) is 36.0. The van der Waals surface area contributed by atoms with Gasteiger partial charge in [0.1, 0.15) is 103 Å². The van der Waals surface area contributed by atoms with E-state index in [1.54, 1.807) is 60.3 Å². The molecule has 450 valence electrons. The molecule has 0 bridgehead atoms.